The summed E-state index contributed by atoms with van der Waals surface area (Å²) in [4.78, 5) is 24.5. The third kappa shape index (κ3) is 3.84. The molecule has 2 saturated heterocycles. The lowest BCUT2D eigenvalue weighted by Gasteiger charge is -2.44. The predicted molar refractivity (Wildman–Crippen MR) is 111 cm³/mol. The number of methoxy groups -OCH3 is 1. The highest BCUT2D eigenvalue weighted by atomic mass is 16.5. The maximum atomic E-state index is 13.3. The fourth-order valence-electron chi connectivity index (χ4n) is 4.83. The molecule has 2 fully saturated rings. The third-order valence-corrected chi connectivity index (χ3v) is 6.84. The average molecular weight is 398 g/mol. The maximum absolute atomic E-state index is 13.3. The highest BCUT2D eigenvalue weighted by Gasteiger charge is 2.45. The van der Waals surface area contributed by atoms with E-state index < -0.39 is 5.60 Å². The molecule has 0 radical (unpaired) electrons. The van der Waals surface area contributed by atoms with Crippen LogP contribution in [-0.2, 0) is 22.4 Å². The van der Waals surface area contributed by atoms with Gasteiger partial charge in [0.05, 0.1) is 5.56 Å². The second-order valence-corrected chi connectivity index (χ2v) is 8.57. The lowest BCUT2D eigenvalue weighted by atomic mass is 9.88. The summed E-state index contributed by atoms with van der Waals surface area (Å²) >= 11 is 0. The minimum absolute atomic E-state index is 0.117. The molecule has 1 aromatic heterocycles. The molecule has 3 heterocycles. The quantitative estimate of drug-likeness (QED) is 0.771. The van der Waals surface area contributed by atoms with E-state index in [4.69, 9.17) is 9.72 Å². The van der Waals surface area contributed by atoms with E-state index >= 15 is 0 Å². The van der Waals surface area contributed by atoms with E-state index in [0.717, 1.165) is 57.0 Å². The van der Waals surface area contributed by atoms with Gasteiger partial charge in [-0.3, -0.25) is 4.79 Å². The van der Waals surface area contributed by atoms with Gasteiger partial charge in [0.1, 0.15) is 17.5 Å². The first-order valence-corrected chi connectivity index (χ1v) is 10.8. The van der Waals surface area contributed by atoms with Crippen LogP contribution in [0, 0.1) is 11.3 Å². The number of rotatable bonds is 3. The summed E-state index contributed by atoms with van der Waals surface area (Å²) in [6.45, 7) is 4.68. The number of piperazine rings is 1. The van der Waals surface area contributed by atoms with Crippen LogP contribution in [-0.4, -0.2) is 79.7 Å². The van der Waals surface area contributed by atoms with E-state index in [1.807, 2.05) is 11.0 Å². The van der Waals surface area contributed by atoms with Gasteiger partial charge in [0.15, 0.2) is 0 Å². The molecule has 0 unspecified atom stereocenters. The van der Waals surface area contributed by atoms with Crippen LogP contribution in [0.2, 0.25) is 0 Å². The molecule has 0 aromatic carbocycles. The van der Waals surface area contributed by atoms with E-state index in [-0.39, 0.29) is 5.91 Å². The normalized spacial score (nSPS) is 22.1. The van der Waals surface area contributed by atoms with E-state index in [1.165, 1.54) is 12.0 Å². The number of fused-ring (bicyclic) bond motifs is 1. The molecule has 0 spiro atoms. The average Bonchev–Trinajstić information content (AvgIpc) is 2.78. The van der Waals surface area contributed by atoms with E-state index in [9.17, 15) is 10.1 Å². The Kier molecular flexibility index (Phi) is 5.75. The van der Waals surface area contributed by atoms with Gasteiger partial charge in [-0.2, -0.15) is 5.26 Å². The summed E-state index contributed by atoms with van der Waals surface area (Å²) in [6, 6.07) is 4.37. The van der Waals surface area contributed by atoms with Gasteiger partial charge in [0, 0.05) is 64.9 Å². The number of anilines is 1. The van der Waals surface area contributed by atoms with Crippen molar-refractivity contribution in [3.05, 3.63) is 22.9 Å². The van der Waals surface area contributed by atoms with Gasteiger partial charge >= 0.3 is 0 Å². The number of nitriles is 1. The van der Waals surface area contributed by atoms with E-state index in [0.29, 0.717) is 31.5 Å². The minimum atomic E-state index is -0.757. The molecule has 156 valence electrons. The fourth-order valence-corrected chi connectivity index (χ4v) is 4.83. The SMILES string of the molecule is COC1(C(=O)N2CCN(C)CC2)CCN(c2nc3c(cc2C#N)CCCC3)CC1. The van der Waals surface area contributed by atoms with Gasteiger partial charge in [0.25, 0.3) is 5.91 Å². The van der Waals surface area contributed by atoms with Gasteiger partial charge in [-0.05, 0) is 44.4 Å². The topological polar surface area (TPSA) is 72.7 Å². The van der Waals surface area contributed by atoms with E-state index in [1.54, 1.807) is 7.11 Å². The Morgan fingerprint density at radius 3 is 2.48 bits per heavy atom. The summed E-state index contributed by atoms with van der Waals surface area (Å²) < 4.78 is 5.84. The summed E-state index contributed by atoms with van der Waals surface area (Å²) in [5.41, 5.74) is 2.27. The molecule has 1 aliphatic carbocycles. The number of ether oxygens (including phenoxy) is 1. The monoisotopic (exact) mass is 397 g/mol. The van der Waals surface area contributed by atoms with Crippen LogP contribution >= 0.6 is 0 Å². The fraction of sp³-hybridized carbons (Fsp3) is 0.682. The largest absolute Gasteiger partial charge is 0.368 e. The maximum Gasteiger partial charge on any atom is 0.255 e. The highest BCUT2D eigenvalue weighted by Crippen LogP contribution is 2.33. The first kappa shape index (κ1) is 20.1. The summed E-state index contributed by atoms with van der Waals surface area (Å²) in [7, 11) is 3.74. The van der Waals surface area contributed by atoms with Crippen molar-refractivity contribution >= 4 is 11.7 Å². The first-order chi connectivity index (χ1) is 14.1. The molecule has 7 nitrogen and oxygen atoms in total. The van der Waals surface area contributed by atoms with Crippen LogP contribution in [0.1, 0.15) is 42.5 Å². The number of nitrogens with zero attached hydrogens (tertiary/aromatic N) is 5. The zero-order valence-corrected chi connectivity index (χ0v) is 17.6. The molecule has 0 atom stereocenters. The summed E-state index contributed by atoms with van der Waals surface area (Å²) in [6.07, 6.45) is 5.59. The second kappa shape index (κ2) is 8.29. The van der Waals surface area contributed by atoms with Crippen molar-refractivity contribution < 1.29 is 9.53 Å². The lowest BCUT2D eigenvalue weighted by Crippen LogP contribution is -2.59. The van der Waals surface area contributed by atoms with Gasteiger partial charge in [-0.1, -0.05) is 0 Å². The first-order valence-electron chi connectivity index (χ1n) is 10.8. The van der Waals surface area contributed by atoms with Crippen molar-refractivity contribution in [3.63, 3.8) is 0 Å². The molecule has 4 rings (SSSR count). The molecule has 1 aromatic rings. The Labute approximate surface area is 173 Å². The standard InChI is InChI=1S/C22H31N5O2/c1-25-11-13-27(14-12-25)21(28)22(29-2)7-9-26(10-8-22)20-18(16-23)15-17-5-3-4-6-19(17)24-20/h15H,3-14H2,1-2H3. The number of amides is 1. The Morgan fingerprint density at radius 2 is 1.83 bits per heavy atom. The van der Waals surface area contributed by atoms with Crippen molar-refractivity contribution in [2.45, 2.75) is 44.1 Å². The molecule has 0 N–H and O–H groups in total. The van der Waals surface area contributed by atoms with Crippen LogP contribution < -0.4 is 4.90 Å². The summed E-state index contributed by atoms with van der Waals surface area (Å²) in [5.74, 6) is 0.900. The van der Waals surface area contributed by atoms with Crippen molar-refractivity contribution in [2.24, 2.45) is 0 Å². The Balaban J connectivity index is 1.49. The smallest absolute Gasteiger partial charge is 0.255 e. The van der Waals surface area contributed by atoms with Crippen LogP contribution in [0.3, 0.4) is 0 Å². The Bertz CT molecular complexity index is 802. The summed E-state index contributed by atoms with van der Waals surface area (Å²) in [5, 5.41) is 9.67. The number of likely N-dealkylation sites (N-methyl/N-ethyl adjacent to an activating group) is 1. The van der Waals surface area contributed by atoms with Crippen molar-refractivity contribution in [3.8, 4) is 6.07 Å². The third-order valence-electron chi connectivity index (χ3n) is 6.84. The van der Waals surface area contributed by atoms with Gasteiger partial charge in [0.2, 0.25) is 0 Å². The number of aromatic nitrogens is 1. The molecule has 29 heavy (non-hydrogen) atoms. The second-order valence-electron chi connectivity index (χ2n) is 8.57. The molecule has 0 saturated carbocycles. The minimum Gasteiger partial charge on any atom is -0.368 e. The van der Waals surface area contributed by atoms with Crippen LogP contribution in [0.15, 0.2) is 6.07 Å². The molecular weight excluding hydrogens is 366 g/mol. The molecule has 3 aliphatic rings. The number of carbonyl (C=O) groups is 1. The van der Waals surface area contributed by atoms with E-state index in [2.05, 4.69) is 22.9 Å². The number of hydrogen-bond donors (Lipinski definition) is 0. The van der Waals surface area contributed by atoms with Gasteiger partial charge < -0.3 is 19.4 Å². The number of pyridine rings is 1. The van der Waals surface area contributed by atoms with Crippen molar-refractivity contribution in [2.75, 3.05) is 58.3 Å². The molecular formula is C22H31N5O2. The number of aryl methyl sites for hydroxylation is 2. The number of carbonyl (C=O) groups excluding carboxylic acids is 1. The Morgan fingerprint density at radius 1 is 1.14 bits per heavy atom. The number of hydrogen-bond acceptors (Lipinski definition) is 6. The van der Waals surface area contributed by atoms with Crippen LogP contribution in [0.25, 0.3) is 0 Å². The molecule has 0 bridgehead atoms. The lowest BCUT2D eigenvalue weighted by molar-refractivity contribution is -0.159. The zero-order chi connectivity index (χ0) is 20.4. The van der Waals surface area contributed by atoms with Crippen LogP contribution in [0.5, 0.6) is 0 Å². The van der Waals surface area contributed by atoms with Crippen molar-refractivity contribution in [1.29, 1.82) is 5.26 Å². The zero-order valence-electron chi connectivity index (χ0n) is 17.6. The van der Waals surface area contributed by atoms with Gasteiger partial charge in [-0.15, -0.1) is 0 Å². The predicted octanol–water partition coefficient (Wildman–Crippen LogP) is 1.59. The molecule has 7 heteroatoms. The number of piperidine rings is 1. The van der Waals surface area contributed by atoms with Crippen molar-refractivity contribution in [1.82, 2.24) is 14.8 Å². The molecule has 1 amide bonds. The Hall–Kier alpha value is -2.17. The van der Waals surface area contributed by atoms with Crippen LogP contribution in [0.4, 0.5) is 5.82 Å². The van der Waals surface area contributed by atoms with Gasteiger partial charge in [-0.25, -0.2) is 4.98 Å². The highest BCUT2D eigenvalue weighted by molar-refractivity contribution is 5.86. The molecule has 2 aliphatic heterocycles.